The Hall–Kier alpha value is -4.07. The van der Waals surface area contributed by atoms with Gasteiger partial charge in [0.2, 0.25) is 0 Å². The van der Waals surface area contributed by atoms with Gasteiger partial charge in [-0.1, -0.05) is 45.0 Å². The molecule has 0 aliphatic carbocycles. The molecule has 0 atom stereocenters. The fraction of sp³-hybridized carbons (Fsp3) is 0.296. The van der Waals surface area contributed by atoms with Crippen LogP contribution in [-0.2, 0) is 24.2 Å². The molecule has 0 saturated heterocycles. The molecule has 8 nitrogen and oxygen atoms in total. The van der Waals surface area contributed by atoms with Crippen LogP contribution in [0.3, 0.4) is 0 Å². The van der Waals surface area contributed by atoms with Crippen molar-refractivity contribution in [3.8, 4) is 0 Å². The van der Waals surface area contributed by atoms with Gasteiger partial charge in [0.1, 0.15) is 11.9 Å². The molecule has 4 aromatic rings. The summed E-state index contributed by atoms with van der Waals surface area (Å²) in [6, 6.07) is 11.9. The standard InChI is InChI=1S/C27H30N4O4/c1-5-18-6-8-19(9-7-18)13-28-21-12-22-23(30-26(32)20-10-11-35-16-20)24(27(33)34-4)31(15-17(2)3)25(22)29-14-21/h6-12,14,16-17,28H,5,13,15H2,1-4H3,(H,30,32). The number of carbonyl (C=O) groups is 2. The molecule has 1 amide bonds. The van der Waals surface area contributed by atoms with Crippen molar-refractivity contribution in [2.24, 2.45) is 5.92 Å². The fourth-order valence-corrected chi connectivity index (χ4v) is 3.98. The first-order valence-electron chi connectivity index (χ1n) is 11.7. The number of benzene rings is 1. The molecule has 0 aliphatic rings. The van der Waals surface area contributed by atoms with E-state index < -0.39 is 5.97 Å². The van der Waals surface area contributed by atoms with Gasteiger partial charge in [-0.3, -0.25) is 4.79 Å². The Morgan fingerprint density at radius 2 is 1.89 bits per heavy atom. The molecule has 0 radical (unpaired) electrons. The molecule has 0 saturated carbocycles. The number of aryl methyl sites for hydroxylation is 1. The smallest absolute Gasteiger partial charge is 0.356 e. The zero-order chi connectivity index (χ0) is 24.9. The van der Waals surface area contributed by atoms with Crippen molar-refractivity contribution in [3.05, 3.63) is 77.5 Å². The topological polar surface area (TPSA) is 98.4 Å². The highest BCUT2D eigenvalue weighted by molar-refractivity contribution is 6.14. The second kappa shape index (κ2) is 10.5. The number of nitrogens with zero attached hydrogens (tertiary/aromatic N) is 2. The summed E-state index contributed by atoms with van der Waals surface area (Å²) in [6.45, 7) is 7.38. The number of esters is 1. The van der Waals surface area contributed by atoms with E-state index in [1.165, 1.54) is 25.2 Å². The van der Waals surface area contributed by atoms with Crippen LogP contribution in [0.1, 0.15) is 52.7 Å². The minimum absolute atomic E-state index is 0.233. The number of fused-ring (bicyclic) bond motifs is 1. The number of hydrogen-bond donors (Lipinski definition) is 2. The van der Waals surface area contributed by atoms with Crippen molar-refractivity contribution in [2.45, 2.75) is 40.3 Å². The van der Waals surface area contributed by atoms with E-state index in [1.807, 2.05) is 10.6 Å². The third kappa shape index (κ3) is 5.21. The van der Waals surface area contributed by atoms with E-state index in [0.29, 0.717) is 35.4 Å². The van der Waals surface area contributed by atoms with Gasteiger partial charge >= 0.3 is 5.97 Å². The van der Waals surface area contributed by atoms with Gasteiger partial charge in [0.15, 0.2) is 5.69 Å². The van der Waals surface area contributed by atoms with E-state index in [2.05, 4.69) is 60.7 Å². The zero-order valence-electron chi connectivity index (χ0n) is 20.4. The molecule has 0 fully saturated rings. The number of rotatable bonds is 9. The first kappa shape index (κ1) is 24.1. The van der Waals surface area contributed by atoms with E-state index in [-0.39, 0.29) is 17.5 Å². The largest absolute Gasteiger partial charge is 0.472 e. The number of amides is 1. The molecule has 3 heterocycles. The number of nitrogens with one attached hydrogen (secondary N) is 2. The summed E-state index contributed by atoms with van der Waals surface area (Å²) < 4.78 is 11.9. The van der Waals surface area contributed by atoms with Crippen molar-refractivity contribution in [1.82, 2.24) is 9.55 Å². The fourth-order valence-electron chi connectivity index (χ4n) is 3.98. The highest BCUT2D eigenvalue weighted by Crippen LogP contribution is 2.33. The molecule has 0 spiro atoms. The van der Waals surface area contributed by atoms with Gasteiger partial charge in [-0.2, -0.15) is 0 Å². The number of anilines is 2. The number of ether oxygens (including phenoxy) is 1. The molecule has 182 valence electrons. The Bertz CT molecular complexity index is 1320. The molecule has 2 N–H and O–H groups in total. The summed E-state index contributed by atoms with van der Waals surface area (Å²) in [6.07, 6.45) is 5.52. The lowest BCUT2D eigenvalue weighted by atomic mass is 10.1. The molecule has 0 bridgehead atoms. The van der Waals surface area contributed by atoms with Crippen LogP contribution < -0.4 is 10.6 Å². The van der Waals surface area contributed by atoms with Gasteiger partial charge in [0.05, 0.1) is 36.5 Å². The Labute approximate surface area is 204 Å². The molecule has 4 rings (SSSR count). The van der Waals surface area contributed by atoms with Crippen molar-refractivity contribution >= 4 is 34.3 Å². The summed E-state index contributed by atoms with van der Waals surface area (Å²) in [5.74, 6) is -0.698. The van der Waals surface area contributed by atoms with E-state index in [9.17, 15) is 9.59 Å². The Kier molecular flexibility index (Phi) is 7.19. The van der Waals surface area contributed by atoms with E-state index in [1.54, 1.807) is 12.3 Å². The van der Waals surface area contributed by atoms with Crippen LogP contribution in [0, 0.1) is 5.92 Å². The Balaban J connectivity index is 1.75. The molecule has 1 aromatic carbocycles. The number of furan rings is 1. The van der Waals surface area contributed by atoms with Crippen LogP contribution >= 0.6 is 0 Å². The summed E-state index contributed by atoms with van der Waals surface area (Å²) in [5.41, 5.74) is 4.77. The molecule has 3 aromatic heterocycles. The normalized spacial score (nSPS) is 11.1. The third-order valence-electron chi connectivity index (χ3n) is 5.77. The monoisotopic (exact) mass is 474 g/mol. The predicted molar refractivity (Wildman–Crippen MR) is 136 cm³/mol. The zero-order valence-corrected chi connectivity index (χ0v) is 20.4. The van der Waals surface area contributed by atoms with Gasteiger partial charge in [-0.25, -0.2) is 9.78 Å². The minimum atomic E-state index is -0.545. The SMILES string of the molecule is CCc1ccc(CNc2cnc3c(c2)c(NC(=O)c2ccoc2)c(C(=O)OC)n3CC(C)C)cc1. The van der Waals surface area contributed by atoms with Crippen molar-refractivity contribution in [3.63, 3.8) is 0 Å². The lowest BCUT2D eigenvalue weighted by molar-refractivity contribution is 0.0589. The van der Waals surface area contributed by atoms with Gasteiger partial charge in [0.25, 0.3) is 5.91 Å². The van der Waals surface area contributed by atoms with Gasteiger partial charge < -0.3 is 24.4 Å². The first-order chi connectivity index (χ1) is 16.9. The number of carbonyl (C=O) groups excluding carboxylic acids is 2. The van der Waals surface area contributed by atoms with E-state index >= 15 is 0 Å². The van der Waals surface area contributed by atoms with Crippen LogP contribution in [-0.4, -0.2) is 28.5 Å². The maximum absolute atomic E-state index is 12.9. The Morgan fingerprint density at radius 1 is 1.14 bits per heavy atom. The number of hydrogen-bond acceptors (Lipinski definition) is 6. The Morgan fingerprint density at radius 3 is 2.51 bits per heavy atom. The van der Waals surface area contributed by atoms with Crippen LogP contribution in [0.25, 0.3) is 11.0 Å². The number of methoxy groups -OCH3 is 1. The predicted octanol–water partition coefficient (Wildman–Crippen LogP) is 5.50. The van der Waals surface area contributed by atoms with Crippen LogP contribution in [0.15, 0.2) is 59.5 Å². The summed E-state index contributed by atoms with van der Waals surface area (Å²) in [5, 5.41) is 6.93. The summed E-state index contributed by atoms with van der Waals surface area (Å²) >= 11 is 0. The lowest BCUT2D eigenvalue weighted by Crippen LogP contribution is -2.18. The summed E-state index contributed by atoms with van der Waals surface area (Å²) in [7, 11) is 1.33. The molecule has 0 unspecified atom stereocenters. The number of aromatic nitrogens is 2. The number of pyridine rings is 1. The van der Waals surface area contributed by atoms with Crippen LogP contribution in [0.4, 0.5) is 11.4 Å². The maximum Gasteiger partial charge on any atom is 0.356 e. The average molecular weight is 475 g/mol. The maximum atomic E-state index is 12.9. The van der Waals surface area contributed by atoms with Crippen molar-refractivity contribution in [1.29, 1.82) is 0 Å². The quantitative estimate of drug-likeness (QED) is 0.311. The highest BCUT2D eigenvalue weighted by Gasteiger charge is 2.27. The molecular weight excluding hydrogens is 444 g/mol. The van der Waals surface area contributed by atoms with Crippen molar-refractivity contribution < 1.29 is 18.7 Å². The highest BCUT2D eigenvalue weighted by atomic mass is 16.5. The summed E-state index contributed by atoms with van der Waals surface area (Å²) in [4.78, 5) is 30.4. The van der Waals surface area contributed by atoms with E-state index in [0.717, 1.165) is 17.7 Å². The van der Waals surface area contributed by atoms with Crippen LogP contribution in [0.2, 0.25) is 0 Å². The third-order valence-corrected chi connectivity index (χ3v) is 5.77. The van der Waals surface area contributed by atoms with Gasteiger partial charge in [0, 0.05) is 18.5 Å². The second-order valence-electron chi connectivity index (χ2n) is 8.80. The van der Waals surface area contributed by atoms with Crippen LogP contribution in [0.5, 0.6) is 0 Å². The van der Waals surface area contributed by atoms with Gasteiger partial charge in [-0.15, -0.1) is 0 Å². The van der Waals surface area contributed by atoms with Crippen molar-refractivity contribution in [2.75, 3.05) is 17.7 Å². The first-order valence-corrected chi connectivity index (χ1v) is 11.7. The molecule has 8 heteroatoms. The lowest BCUT2D eigenvalue weighted by Gasteiger charge is -2.12. The van der Waals surface area contributed by atoms with Gasteiger partial charge in [-0.05, 0) is 35.6 Å². The van der Waals surface area contributed by atoms with E-state index in [4.69, 9.17) is 9.15 Å². The molecule has 0 aliphatic heterocycles. The molecule has 35 heavy (non-hydrogen) atoms. The average Bonchev–Trinajstić information content (AvgIpc) is 3.50. The second-order valence-corrected chi connectivity index (χ2v) is 8.80. The minimum Gasteiger partial charge on any atom is -0.472 e. The molecular formula is C27H30N4O4.